The maximum absolute atomic E-state index is 12.9. The fourth-order valence-electron chi connectivity index (χ4n) is 10.3. The Balaban J connectivity index is 3.98. The number of allylic oxidation sites excluding steroid dienone is 16. The Labute approximate surface area is 538 Å². The molecule has 2 unspecified atom stereocenters. The molecule has 0 aromatic rings. The minimum atomic E-state index is -4.64. The average molecular weight is 1240 g/mol. The van der Waals surface area contributed by atoms with Crippen molar-refractivity contribution in [3.8, 4) is 0 Å². The van der Waals surface area contributed by atoms with Crippen molar-refractivity contribution in [1.82, 2.24) is 0 Å². The number of rotatable bonds is 67. The highest BCUT2D eigenvalue weighted by Crippen LogP contribution is 2.38. The smallest absolute Gasteiger partial charge is 0.306 e. The van der Waals surface area contributed by atoms with Crippen LogP contribution in [0.3, 0.4) is 0 Å². The molecule has 0 amide bonds. The number of phosphoric ester groups is 1. The van der Waals surface area contributed by atoms with Gasteiger partial charge in [-0.2, -0.15) is 0 Å². The number of carbonyl (C=O) groups excluding carboxylic acids is 2. The zero-order chi connectivity index (χ0) is 63.4. The molecular weight excluding hydrogens is 1100 g/mol. The van der Waals surface area contributed by atoms with E-state index in [1.165, 1.54) is 205 Å². The summed E-state index contributed by atoms with van der Waals surface area (Å²) in [5.41, 5.74) is 0. The van der Waals surface area contributed by atoms with Crippen LogP contribution in [0.2, 0.25) is 0 Å². The van der Waals surface area contributed by atoms with E-state index in [-0.39, 0.29) is 32.0 Å². The van der Waals surface area contributed by atoms with Crippen LogP contribution >= 0.6 is 7.82 Å². The number of unbranched alkanes of at least 4 members (excludes halogenated alkanes) is 37. The van der Waals surface area contributed by atoms with Crippen molar-refractivity contribution in [3.63, 3.8) is 0 Å². The summed E-state index contributed by atoms with van der Waals surface area (Å²) in [7, 11) is 1.18. The van der Waals surface area contributed by atoms with E-state index in [1.54, 1.807) is 0 Å². The number of hydrogen-bond donors (Lipinski definition) is 0. The van der Waals surface area contributed by atoms with Crippen molar-refractivity contribution in [2.45, 2.75) is 335 Å². The molecule has 0 bridgehead atoms. The molecule has 0 radical (unpaired) electrons. The second kappa shape index (κ2) is 67.3. The summed E-state index contributed by atoms with van der Waals surface area (Å²) < 4.78 is 34.3. The van der Waals surface area contributed by atoms with Crippen LogP contribution in [0, 0.1) is 0 Å². The van der Waals surface area contributed by atoms with E-state index in [2.05, 4.69) is 111 Å². The molecule has 0 rings (SSSR count). The maximum atomic E-state index is 12.9. The van der Waals surface area contributed by atoms with Crippen molar-refractivity contribution >= 4 is 19.8 Å². The molecule has 0 saturated carbocycles. The molecule has 10 heteroatoms. The van der Waals surface area contributed by atoms with Crippen LogP contribution in [-0.2, 0) is 32.7 Å². The van der Waals surface area contributed by atoms with Gasteiger partial charge in [0, 0.05) is 12.8 Å². The van der Waals surface area contributed by atoms with E-state index >= 15 is 0 Å². The van der Waals surface area contributed by atoms with Crippen molar-refractivity contribution in [3.05, 3.63) is 97.2 Å². The Morgan fingerprint density at radius 1 is 0.368 bits per heavy atom. The summed E-state index contributed by atoms with van der Waals surface area (Å²) in [5, 5.41) is 0. The molecule has 0 N–H and O–H groups in total. The Morgan fingerprint density at radius 2 is 0.655 bits per heavy atom. The number of ether oxygens (including phenoxy) is 2. The Bertz CT molecular complexity index is 1790. The molecule has 0 saturated heterocycles. The molecule has 0 aliphatic heterocycles. The number of hydrogen-bond acceptors (Lipinski definition) is 8. The van der Waals surface area contributed by atoms with Gasteiger partial charge >= 0.3 is 11.9 Å². The van der Waals surface area contributed by atoms with Gasteiger partial charge in [-0.05, 0) is 77.0 Å². The fraction of sp³-hybridized carbons (Fsp3) is 0.766. The maximum Gasteiger partial charge on any atom is 0.306 e. The quantitative estimate of drug-likeness (QED) is 0.0195. The summed E-state index contributed by atoms with van der Waals surface area (Å²) in [5.74, 6) is -0.819. The SMILES string of the molecule is CC/C=C\C/C=C\C/C=C\C/C=C\C/C=C\C/C=C\C/C=C\C/C=C\CCCCCCCCCCCCCCCCCCC(=O)OC(COC(=O)CCCCCCCCCCCCCCCCCCCCCCCC)COP(=O)([O-])OCC[N+](C)(C)C. The second-order valence-corrected chi connectivity index (χ2v) is 27.0. The lowest BCUT2D eigenvalue weighted by atomic mass is 10.0. The third-order valence-electron chi connectivity index (χ3n) is 15.9. The average Bonchev–Trinajstić information content (AvgIpc) is 3.50. The summed E-state index contributed by atoms with van der Waals surface area (Å²) in [6.45, 7) is 4.17. The Hall–Kier alpha value is -3.07. The zero-order valence-corrected chi connectivity index (χ0v) is 58.3. The highest BCUT2D eigenvalue weighted by molar-refractivity contribution is 7.45. The normalized spacial score (nSPS) is 13.7. The molecule has 0 spiro atoms. The molecule has 87 heavy (non-hydrogen) atoms. The number of nitrogens with zero attached hydrogens (tertiary/aromatic N) is 1. The van der Waals surface area contributed by atoms with Crippen LogP contribution in [-0.4, -0.2) is 70.0 Å². The molecule has 2 atom stereocenters. The first kappa shape index (κ1) is 83.9. The first-order chi connectivity index (χ1) is 42.5. The van der Waals surface area contributed by atoms with E-state index in [9.17, 15) is 19.0 Å². The summed E-state index contributed by atoms with van der Waals surface area (Å²) in [4.78, 5) is 38.1. The van der Waals surface area contributed by atoms with Crippen LogP contribution in [0.4, 0.5) is 0 Å². The lowest BCUT2D eigenvalue weighted by Gasteiger charge is -2.28. The summed E-state index contributed by atoms with van der Waals surface area (Å²) in [6.07, 6.45) is 93.5. The van der Waals surface area contributed by atoms with Gasteiger partial charge in [0.1, 0.15) is 19.8 Å². The molecule has 0 fully saturated rings. The van der Waals surface area contributed by atoms with E-state index in [0.29, 0.717) is 17.4 Å². The molecule has 0 aromatic heterocycles. The second-order valence-electron chi connectivity index (χ2n) is 25.6. The third-order valence-corrected chi connectivity index (χ3v) is 16.8. The molecule has 0 aromatic carbocycles. The number of likely N-dealkylation sites (N-methyl/N-ethyl adjacent to an activating group) is 1. The largest absolute Gasteiger partial charge is 0.756 e. The van der Waals surface area contributed by atoms with Crippen molar-refractivity contribution in [1.29, 1.82) is 0 Å². The molecular formula is C77H138NO8P. The minimum Gasteiger partial charge on any atom is -0.756 e. The number of esters is 2. The third kappa shape index (κ3) is 71.9. The van der Waals surface area contributed by atoms with Gasteiger partial charge in [-0.15, -0.1) is 0 Å². The molecule has 9 nitrogen and oxygen atoms in total. The predicted octanol–water partition coefficient (Wildman–Crippen LogP) is 23.3. The number of carbonyl (C=O) groups is 2. The lowest BCUT2D eigenvalue weighted by molar-refractivity contribution is -0.870. The van der Waals surface area contributed by atoms with Gasteiger partial charge in [-0.3, -0.25) is 14.2 Å². The first-order valence-electron chi connectivity index (χ1n) is 36.4. The van der Waals surface area contributed by atoms with Gasteiger partial charge in [-0.25, -0.2) is 0 Å². The van der Waals surface area contributed by atoms with Crippen molar-refractivity contribution in [2.24, 2.45) is 0 Å². The van der Waals surface area contributed by atoms with Gasteiger partial charge in [0.25, 0.3) is 7.82 Å². The van der Waals surface area contributed by atoms with Gasteiger partial charge in [0.05, 0.1) is 27.7 Å². The molecule has 504 valence electrons. The Kier molecular flexibility index (Phi) is 65.0. The van der Waals surface area contributed by atoms with Crippen molar-refractivity contribution in [2.75, 3.05) is 47.5 Å². The van der Waals surface area contributed by atoms with Crippen LogP contribution in [0.5, 0.6) is 0 Å². The molecule has 0 heterocycles. The van der Waals surface area contributed by atoms with Gasteiger partial charge in [0.2, 0.25) is 0 Å². The molecule has 0 aliphatic carbocycles. The highest BCUT2D eigenvalue weighted by Gasteiger charge is 2.22. The van der Waals surface area contributed by atoms with Crippen LogP contribution in [0.15, 0.2) is 97.2 Å². The van der Waals surface area contributed by atoms with Gasteiger partial charge in [0.15, 0.2) is 6.10 Å². The Morgan fingerprint density at radius 3 is 0.977 bits per heavy atom. The van der Waals surface area contributed by atoms with E-state index in [4.69, 9.17) is 18.5 Å². The summed E-state index contributed by atoms with van der Waals surface area (Å²) >= 11 is 0. The standard InChI is InChI=1S/C77H138NO8P/c1-6-8-10-12-14-16-18-20-22-24-26-28-30-31-32-33-34-35-36-37-38-39-40-41-42-43-44-45-46-47-48-50-52-54-56-58-60-62-64-66-68-70-77(80)86-75(74-85-87(81,82)84-72-71-78(3,4)5)73-83-76(79)69-67-65-63-61-59-57-55-53-51-49-29-27-25-23-21-19-17-15-13-11-9-7-2/h8,10,14,16,20,22,26,28,31-32,34-35,37-38,40-41,75H,6-7,9,11-13,15,17-19,21,23-25,27,29-30,33,36,39,42-74H2,1-5H3/b10-8-,16-14-,22-20-,28-26-,32-31-,35-34-,38-37-,41-40-. The van der Waals surface area contributed by atoms with E-state index in [1.807, 2.05) is 21.1 Å². The van der Waals surface area contributed by atoms with Crippen LogP contribution in [0.1, 0.15) is 328 Å². The van der Waals surface area contributed by atoms with Gasteiger partial charge in [-0.1, -0.05) is 336 Å². The highest BCUT2D eigenvalue weighted by atomic mass is 31.2. The topological polar surface area (TPSA) is 111 Å². The zero-order valence-electron chi connectivity index (χ0n) is 57.5. The lowest BCUT2D eigenvalue weighted by Crippen LogP contribution is -2.37. The summed E-state index contributed by atoms with van der Waals surface area (Å²) in [6, 6.07) is 0. The monoisotopic (exact) mass is 1240 g/mol. The fourth-order valence-corrected chi connectivity index (χ4v) is 11.1. The predicted molar refractivity (Wildman–Crippen MR) is 374 cm³/mol. The minimum absolute atomic E-state index is 0.0309. The number of quaternary nitrogens is 1. The van der Waals surface area contributed by atoms with Gasteiger partial charge < -0.3 is 27.9 Å². The van der Waals surface area contributed by atoms with E-state index < -0.39 is 26.5 Å². The first-order valence-corrected chi connectivity index (χ1v) is 37.9. The van der Waals surface area contributed by atoms with Crippen LogP contribution < -0.4 is 4.89 Å². The van der Waals surface area contributed by atoms with Crippen LogP contribution in [0.25, 0.3) is 0 Å². The molecule has 0 aliphatic rings. The number of phosphoric acid groups is 1. The van der Waals surface area contributed by atoms with E-state index in [0.717, 1.165) is 89.9 Å². The van der Waals surface area contributed by atoms with Crippen molar-refractivity contribution < 1.29 is 42.1 Å².